The van der Waals surface area contributed by atoms with Crippen LogP contribution in [0.25, 0.3) is 11.0 Å². The Morgan fingerprint density at radius 1 is 1.39 bits per heavy atom. The lowest BCUT2D eigenvalue weighted by atomic mass is 10.0. The van der Waals surface area contributed by atoms with Crippen molar-refractivity contribution >= 4 is 16.9 Å². The molecule has 1 aliphatic carbocycles. The van der Waals surface area contributed by atoms with Crippen molar-refractivity contribution in [2.45, 2.75) is 32.6 Å². The minimum atomic E-state index is 0.522. The number of hydrogen-bond donors (Lipinski definition) is 1. The van der Waals surface area contributed by atoms with Gasteiger partial charge in [0, 0.05) is 13.6 Å². The summed E-state index contributed by atoms with van der Waals surface area (Å²) in [4.78, 5) is 8.58. The quantitative estimate of drug-likeness (QED) is 0.878. The highest BCUT2D eigenvalue weighted by Crippen LogP contribution is 2.49. The average molecular weight is 245 g/mol. The lowest BCUT2D eigenvalue weighted by molar-refractivity contribution is 0.485. The first-order chi connectivity index (χ1) is 8.74. The molecule has 1 aliphatic rings. The summed E-state index contributed by atoms with van der Waals surface area (Å²) in [6.07, 6.45) is 8.68. The highest BCUT2D eigenvalue weighted by molar-refractivity contribution is 5.85. The largest absolute Gasteiger partial charge is 0.369 e. The van der Waals surface area contributed by atoms with E-state index in [2.05, 4.69) is 27.3 Å². The fraction of sp³-hybridized carbons (Fsp3) is 0.615. The molecule has 5 heteroatoms. The smallest absolute Gasteiger partial charge is 0.163 e. The molecule has 1 fully saturated rings. The van der Waals surface area contributed by atoms with Crippen molar-refractivity contribution in [3.63, 3.8) is 0 Å². The molecule has 3 rings (SSSR count). The van der Waals surface area contributed by atoms with E-state index in [1.165, 1.54) is 25.7 Å². The molecule has 2 aromatic heterocycles. The van der Waals surface area contributed by atoms with Crippen molar-refractivity contribution in [2.24, 2.45) is 12.5 Å². The lowest BCUT2D eigenvalue weighted by Gasteiger charge is -2.15. The third kappa shape index (κ3) is 1.94. The minimum absolute atomic E-state index is 0.522. The number of nitrogens with one attached hydrogen (secondary N) is 1. The van der Waals surface area contributed by atoms with Crippen molar-refractivity contribution in [2.75, 3.05) is 11.9 Å². The maximum absolute atomic E-state index is 4.34. The predicted octanol–water partition coefficient (Wildman–Crippen LogP) is 2.36. The van der Waals surface area contributed by atoms with Gasteiger partial charge >= 0.3 is 0 Å². The Morgan fingerprint density at radius 3 is 2.94 bits per heavy atom. The van der Waals surface area contributed by atoms with Crippen LogP contribution in [-0.4, -0.2) is 26.3 Å². The second-order valence-electron chi connectivity index (χ2n) is 5.33. The molecular formula is C13H19N5. The van der Waals surface area contributed by atoms with Gasteiger partial charge in [0.1, 0.15) is 12.1 Å². The van der Waals surface area contributed by atoms with Gasteiger partial charge < -0.3 is 5.32 Å². The van der Waals surface area contributed by atoms with Crippen molar-refractivity contribution in [3.8, 4) is 0 Å². The molecule has 2 heterocycles. The van der Waals surface area contributed by atoms with Crippen molar-refractivity contribution in [1.29, 1.82) is 0 Å². The summed E-state index contributed by atoms with van der Waals surface area (Å²) < 4.78 is 1.78. The molecule has 0 atom stereocenters. The highest BCUT2D eigenvalue weighted by atomic mass is 15.3. The van der Waals surface area contributed by atoms with E-state index in [0.29, 0.717) is 5.41 Å². The van der Waals surface area contributed by atoms with E-state index >= 15 is 0 Å². The molecule has 18 heavy (non-hydrogen) atoms. The van der Waals surface area contributed by atoms with Crippen molar-refractivity contribution in [3.05, 3.63) is 12.5 Å². The monoisotopic (exact) mass is 245 g/mol. The zero-order valence-corrected chi connectivity index (χ0v) is 11.0. The van der Waals surface area contributed by atoms with Crippen LogP contribution in [0.2, 0.25) is 0 Å². The summed E-state index contributed by atoms with van der Waals surface area (Å²) in [5.74, 6) is 0.912. The van der Waals surface area contributed by atoms with E-state index < -0.39 is 0 Å². The van der Waals surface area contributed by atoms with Gasteiger partial charge in [0.2, 0.25) is 0 Å². The van der Waals surface area contributed by atoms with Crippen LogP contribution in [0.3, 0.4) is 0 Å². The SMILES string of the molecule is CCCC1(CNc2ncnc3c2cnn3C)CC1. The summed E-state index contributed by atoms with van der Waals surface area (Å²) in [6, 6.07) is 0. The van der Waals surface area contributed by atoms with Crippen LogP contribution in [0.5, 0.6) is 0 Å². The summed E-state index contributed by atoms with van der Waals surface area (Å²) in [6.45, 7) is 3.27. The number of anilines is 1. The standard InChI is InChI=1S/C13H19N5/c1-3-4-13(5-6-13)8-14-11-10-7-17-18(2)12(10)16-9-15-11/h7,9H,3-6,8H2,1-2H3,(H,14,15,16). The molecule has 0 saturated heterocycles. The van der Waals surface area contributed by atoms with Crippen molar-refractivity contribution < 1.29 is 0 Å². The number of aryl methyl sites for hydroxylation is 1. The van der Waals surface area contributed by atoms with E-state index in [-0.39, 0.29) is 0 Å². The first-order valence-corrected chi connectivity index (χ1v) is 6.61. The number of hydrogen-bond acceptors (Lipinski definition) is 4. The van der Waals surface area contributed by atoms with Gasteiger partial charge in [0.15, 0.2) is 5.65 Å². The first-order valence-electron chi connectivity index (χ1n) is 6.61. The van der Waals surface area contributed by atoms with E-state index in [9.17, 15) is 0 Å². The van der Waals surface area contributed by atoms with Crippen LogP contribution in [0, 0.1) is 5.41 Å². The van der Waals surface area contributed by atoms with Crippen LogP contribution in [0.1, 0.15) is 32.6 Å². The summed E-state index contributed by atoms with van der Waals surface area (Å²) in [5, 5.41) is 8.72. The molecule has 0 bridgehead atoms. The molecule has 5 nitrogen and oxygen atoms in total. The Hall–Kier alpha value is -1.65. The zero-order chi connectivity index (χ0) is 12.6. The summed E-state index contributed by atoms with van der Waals surface area (Å²) >= 11 is 0. The summed E-state index contributed by atoms with van der Waals surface area (Å²) in [7, 11) is 1.90. The van der Waals surface area contributed by atoms with Crippen LogP contribution < -0.4 is 5.32 Å². The normalized spacial score (nSPS) is 17.0. The minimum Gasteiger partial charge on any atom is -0.369 e. The topological polar surface area (TPSA) is 55.6 Å². The number of fused-ring (bicyclic) bond motifs is 1. The molecule has 0 amide bonds. The molecule has 2 aromatic rings. The van der Waals surface area contributed by atoms with Crippen LogP contribution in [-0.2, 0) is 7.05 Å². The van der Waals surface area contributed by atoms with E-state index in [1.807, 2.05) is 13.2 Å². The van der Waals surface area contributed by atoms with Gasteiger partial charge in [-0.1, -0.05) is 13.3 Å². The van der Waals surface area contributed by atoms with Crippen LogP contribution >= 0.6 is 0 Å². The highest BCUT2D eigenvalue weighted by Gasteiger charge is 2.41. The van der Waals surface area contributed by atoms with E-state index in [4.69, 9.17) is 0 Å². The molecule has 0 unspecified atom stereocenters. The van der Waals surface area contributed by atoms with Gasteiger partial charge in [-0.05, 0) is 24.7 Å². The maximum Gasteiger partial charge on any atom is 0.163 e. The fourth-order valence-corrected chi connectivity index (χ4v) is 2.60. The Bertz CT molecular complexity index is 556. The van der Waals surface area contributed by atoms with Crippen LogP contribution in [0.4, 0.5) is 5.82 Å². The molecular weight excluding hydrogens is 226 g/mol. The number of aromatic nitrogens is 4. The van der Waals surface area contributed by atoms with Gasteiger partial charge in [-0.3, -0.25) is 4.68 Å². The van der Waals surface area contributed by atoms with Crippen LogP contribution in [0.15, 0.2) is 12.5 Å². The second-order valence-corrected chi connectivity index (χ2v) is 5.33. The summed E-state index contributed by atoms with van der Waals surface area (Å²) in [5.41, 5.74) is 1.40. The second kappa shape index (κ2) is 4.23. The molecule has 96 valence electrons. The van der Waals surface area contributed by atoms with Gasteiger partial charge in [-0.25, -0.2) is 9.97 Å². The Kier molecular flexibility index (Phi) is 2.69. The van der Waals surface area contributed by atoms with Crippen molar-refractivity contribution in [1.82, 2.24) is 19.7 Å². The van der Waals surface area contributed by atoms with E-state index in [1.54, 1.807) is 11.0 Å². The predicted molar refractivity (Wildman–Crippen MR) is 71.4 cm³/mol. The molecule has 0 aromatic carbocycles. The molecule has 0 radical (unpaired) electrons. The number of rotatable bonds is 5. The van der Waals surface area contributed by atoms with E-state index in [0.717, 1.165) is 23.4 Å². The molecule has 1 saturated carbocycles. The fourth-order valence-electron chi connectivity index (χ4n) is 2.60. The Balaban J connectivity index is 1.79. The molecule has 1 N–H and O–H groups in total. The Labute approximate surface area is 107 Å². The lowest BCUT2D eigenvalue weighted by Crippen LogP contribution is -2.16. The number of nitrogens with zero attached hydrogens (tertiary/aromatic N) is 4. The maximum atomic E-state index is 4.34. The zero-order valence-electron chi connectivity index (χ0n) is 11.0. The first kappa shape index (κ1) is 11.4. The third-order valence-corrected chi connectivity index (χ3v) is 3.90. The van der Waals surface area contributed by atoms with Gasteiger partial charge in [0.05, 0.1) is 11.6 Å². The van der Waals surface area contributed by atoms with Gasteiger partial charge in [-0.15, -0.1) is 0 Å². The van der Waals surface area contributed by atoms with Gasteiger partial charge in [0.25, 0.3) is 0 Å². The van der Waals surface area contributed by atoms with Gasteiger partial charge in [-0.2, -0.15) is 5.10 Å². The molecule has 0 aliphatic heterocycles. The third-order valence-electron chi connectivity index (χ3n) is 3.90. The average Bonchev–Trinajstić information content (AvgIpc) is 3.04. The molecule has 0 spiro atoms. The Morgan fingerprint density at radius 2 is 2.22 bits per heavy atom.